The summed E-state index contributed by atoms with van der Waals surface area (Å²) >= 11 is 0. The van der Waals surface area contributed by atoms with Gasteiger partial charge in [0.2, 0.25) is 0 Å². The van der Waals surface area contributed by atoms with E-state index >= 15 is 0 Å². The third-order valence-electron chi connectivity index (χ3n) is 6.02. The SMILES string of the molecule is CCCN1C(=O)C(Nc2ccc(N3CCCC3)cc2)=C(c2ccc(C)c(C)c2)C1=O. The van der Waals surface area contributed by atoms with Crippen LogP contribution in [-0.2, 0) is 9.59 Å². The van der Waals surface area contributed by atoms with Gasteiger partial charge in [-0.25, -0.2) is 0 Å². The summed E-state index contributed by atoms with van der Waals surface area (Å²) in [6.45, 7) is 8.64. The van der Waals surface area contributed by atoms with Gasteiger partial charge in [-0.3, -0.25) is 14.5 Å². The maximum Gasteiger partial charge on any atom is 0.278 e. The summed E-state index contributed by atoms with van der Waals surface area (Å²) in [5.74, 6) is -0.472. The first-order chi connectivity index (χ1) is 14.5. The Bertz CT molecular complexity index is 1000. The normalized spacial score (nSPS) is 16.8. The van der Waals surface area contributed by atoms with Crippen molar-refractivity contribution >= 4 is 28.8 Å². The third-order valence-corrected chi connectivity index (χ3v) is 6.02. The van der Waals surface area contributed by atoms with Gasteiger partial charge in [0.1, 0.15) is 5.70 Å². The van der Waals surface area contributed by atoms with Crippen molar-refractivity contribution in [3.05, 3.63) is 64.9 Å². The average Bonchev–Trinajstić information content (AvgIpc) is 3.35. The molecule has 0 radical (unpaired) electrons. The molecule has 1 N–H and O–H groups in total. The predicted octanol–water partition coefficient (Wildman–Crippen LogP) is 4.51. The fourth-order valence-electron chi connectivity index (χ4n) is 4.16. The average molecular weight is 404 g/mol. The Balaban J connectivity index is 1.68. The number of anilines is 2. The van der Waals surface area contributed by atoms with E-state index in [9.17, 15) is 9.59 Å². The highest BCUT2D eigenvalue weighted by Gasteiger charge is 2.38. The minimum Gasteiger partial charge on any atom is -0.372 e. The Morgan fingerprint density at radius 3 is 2.23 bits per heavy atom. The monoisotopic (exact) mass is 403 g/mol. The molecule has 1 fully saturated rings. The lowest BCUT2D eigenvalue weighted by atomic mass is 9.99. The number of carbonyl (C=O) groups is 2. The fraction of sp³-hybridized carbons (Fsp3) is 0.360. The molecule has 2 aromatic carbocycles. The minimum atomic E-state index is -0.251. The Hall–Kier alpha value is -3.08. The summed E-state index contributed by atoms with van der Waals surface area (Å²) < 4.78 is 0. The lowest BCUT2D eigenvalue weighted by Gasteiger charge is -2.18. The van der Waals surface area contributed by atoms with E-state index in [1.807, 2.05) is 51.1 Å². The van der Waals surface area contributed by atoms with E-state index in [1.54, 1.807) is 0 Å². The summed E-state index contributed by atoms with van der Waals surface area (Å²) in [6.07, 6.45) is 3.20. The minimum absolute atomic E-state index is 0.221. The molecule has 2 amide bonds. The number of hydrogen-bond acceptors (Lipinski definition) is 4. The lowest BCUT2D eigenvalue weighted by molar-refractivity contribution is -0.136. The number of benzene rings is 2. The molecule has 0 bridgehead atoms. The molecule has 0 atom stereocenters. The molecule has 5 nitrogen and oxygen atoms in total. The fourth-order valence-corrected chi connectivity index (χ4v) is 4.16. The molecule has 0 spiro atoms. The molecule has 2 aliphatic heterocycles. The van der Waals surface area contributed by atoms with Gasteiger partial charge < -0.3 is 10.2 Å². The second-order valence-corrected chi connectivity index (χ2v) is 8.18. The summed E-state index contributed by atoms with van der Waals surface area (Å²) in [7, 11) is 0. The van der Waals surface area contributed by atoms with Crippen LogP contribution >= 0.6 is 0 Å². The van der Waals surface area contributed by atoms with E-state index in [0.29, 0.717) is 17.8 Å². The first-order valence-electron chi connectivity index (χ1n) is 10.8. The van der Waals surface area contributed by atoms with Crippen LogP contribution in [0.3, 0.4) is 0 Å². The van der Waals surface area contributed by atoms with E-state index in [2.05, 4.69) is 22.3 Å². The predicted molar refractivity (Wildman–Crippen MR) is 121 cm³/mol. The maximum atomic E-state index is 13.1. The van der Waals surface area contributed by atoms with Crippen LogP contribution in [0.5, 0.6) is 0 Å². The van der Waals surface area contributed by atoms with Crippen molar-refractivity contribution in [2.24, 2.45) is 0 Å². The lowest BCUT2D eigenvalue weighted by Crippen LogP contribution is -2.33. The van der Waals surface area contributed by atoms with Crippen molar-refractivity contribution in [3.63, 3.8) is 0 Å². The van der Waals surface area contributed by atoms with Crippen molar-refractivity contribution in [2.45, 2.75) is 40.0 Å². The van der Waals surface area contributed by atoms with Crippen LogP contribution in [-0.4, -0.2) is 36.3 Å². The van der Waals surface area contributed by atoms with E-state index in [1.165, 1.54) is 23.4 Å². The number of hydrogen-bond donors (Lipinski definition) is 1. The molecule has 156 valence electrons. The van der Waals surface area contributed by atoms with Gasteiger partial charge in [0.15, 0.2) is 0 Å². The number of rotatable bonds is 6. The Labute approximate surface area is 178 Å². The zero-order valence-corrected chi connectivity index (χ0v) is 18.0. The van der Waals surface area contributed by atoms with Crippen molar-refractivity contribution in [3.8, 4) is 0 Å². The van der Waals surface area contributed by atoms with Crippen LogP contribution in [0.25, 0.3) is 5.57 Å². The first kappa shape index (κ1) is 20.2. The molecule has 0 aromatic heterocycles. The second-order valence-electron chi connectivity index (χ2n) is 8.18. The highest BCUT2D eigenvalue weighted by Crippen LogP contribution is 2.32. The molecule has 30 heavy (non-hydrogen) atoms. The van der Waals surface area contributed by atoms with E-state index in [-0.39, 0.29) is 11.8 Å². The van der Waals surface area contributed by atoms with Crippen LogP contribution in [0.15, 0.2) is 48.2 Å². The quantitative estimate of drug-likeness (QED) is 0.722. The topological polar surface area (TPSA) is 52.7 Å². The van der Waals surface area contributed by atoms with E-state index in [4.69, 9.17) is 0 Å². The molecular weight excluding hydrogens is 374 g/mol. The Morgan fingerprint density at radius 2 is 1.60 bits per heavy atom. The van der Waals surface area contributed by atoms with Crippen LogP contribution in [0, 0.1) is 13.8 Å². The van der Waals surface area contributed by atoms with Crippen molar-refractivity contribution in [2.75, 3.05) is 29.9 Å². The van der Waals surface area contributed by atoms with Gasteiger partial charge in [-0.05, 0) is 74.1 Å². The zero-order chi connectivity index (χ0) is 21.3. The number of aryl methyl sites for hydroxylation is 2. The molecule has 0 saturated carbocycles. The van der Waals surface area contributed by atoms with E-state index in [0.717, 1.165) is 41.9 Å². The Morgan fingerprint density at radius 1 is 0.900 bits per heavy atom. The van der Waals surface area contributed by atoms with Gasteiger partial charge in [0, 0.05) is 31.0 Å². The molecular formula is C25H29N3O2. The number of carbonyl (C=O) groups excluding carboxylic acids is 2. The largest absolute Gasteiger partial charge is 0.372 e. The van der Waals surface area contributed by atoms with Crippen LogP contribution < -0.4 is 10.2 Å². The van der Waals surface area contributed by atoms with Crippen molar-refractivity contribution in [1.29, 1.82) is 0 Å². The first-order valence-corrected chi connectivity index (χ1v) is 10.8. The number of amides is 2. The number of imide groups is 1. The van der Waals surface area contributed by atoms with Crippen molar-refractivity contribution < 1.29 is 9.59 Å². The van der Waals surface area contributed by atoms with E-state index < -0.39 is 0 Å². The smallest absolute Gasteiger partial charge is 0.278 e. The Kier molecular flexibility index (Phi) is 5.62. The third kappa shape index (κ3) is 3.72. The molecule has 2 heterocycles. The highest BCUT2D eigenvalue weighted by atomic mass is 16.2. The maximum absolute atomic E-state index is 13.1. The molecule has 2 aromatic rings. The molecule has 1 saturated heterocycles. The van der Waals surface area contributed by atoms with Gasteiger partial charge in [-0.2, -0.15) is 0 Å². The summed E-state index contributed by atoms with van der Waals surface area (Å²) in [6, 6.07) is 14.0. The molecule has 0 aliphatic carbocycles. The summed E-state index contributed by atoms with van der Waals surface area (Å²) in [5, 5.41) is 3.26. The molecule has 2 aliphatic rings. The van der Waals surface area contributed by atoms with Crippen molar-refractivity contribution in [1.82, 2.24) is 4.90 Å². The van der Waals surface area contributed by atoms with Crippen LogP contribution in [0.1, 0.15) is 42.9 Å². The van der Waals surface area contributed by atoms with Crippen LogP contribution in [0.4, 0.5) is 11.4 Å². The van der Waals surface area contributed by atoms with Gasteiger partial charge in [0.25, 0.3) is 11.8 Å². The van der Waals surface area contributed by atoms with Crippen LogP contribution in [0.2, 0.25) is 0 Å². The summed E-state index contributed by atoms with van der Waals surface area (Å²) in [4.78, 5) is 30.0. The zero-order valence-electron chi connectivity index (χ0n) is 18.0. The van der Waals surface area contributed by atoms with Gasteiger partial charge >= 0.3 is 0 Å². The summed E-state index contributed by atoms with van der Waals surface area (Å²) in [5.41, 5.74) is 5.88. The molecule has 4 rings (SSSR count). The standard InChI is InChI=1S/C25H29N3O2/c1-4-13-28-24(29)22(19-8-7-17(2)18(3)16-19)23(25(28)30)26-20-9-11-21(12-10-20)27-14-5-6-15-27/h7-12,16,26H,4-6,13-15H2,1-3H3. The number of nitrogens with zero attached hydrogens (tertiary/aromatic N) is 2. The second kappa shape index (κ2) is 8.34. The number of nitrogens with one attached hydrogen (secondary N) is 1. The van der Waals surface area contributed by atoms with Gasteiger partial charge in [0.05, 0.1) is 5.57 Å². The molecule has 5 heteroatoms. The van der Waals surface area contributed by atoms with Gasteiger partial charge in [-0.1, -0.05) is 25.1 Å². The van der Waals surface area contributed by atoms with Gasteiger partial charge in [-0.15, -0.1) is 0 Å². The highest BCUT2D eigenvalue weighted by molar-refractivity contribution is 6.36. The molecule has 0 unspecified atom stereocenters.